The van der Waals surface area contributed by atoms with E-state index in [1.165, 1.54) is 19.3 Å². The first-order valence-electron chi connectivity index (χ1n) is 5.64. The maximum Gasteiger partial charge on any atom is 0.0252 e. The topological polar surface area (TPSA) is 12.0 Å². The minimum Gasteiger partial charge on any atom is -0.307 e. The molecule has 0 saturated heterocycles. The van der Waals surface area contributed by atoms with Gasteiger partial charge in [0.2, 0.25) is 0 Å². The van der Waals surface area contributed by atoms with Crippen molar-refractivity contribution < 1.29 is 0 Å². The molecule has 1 heterocycles. The highest BCUT2D eigenvalue weighted by Crippen LogP contribution is 2.23. The van der Waals surface area contributed by atoms with Crippen LogP contribution in [0.5, 0.6) is 0 Å². The maximum atomic E-state index is 3.66. The minimum absolute atomic E-state index is 0.621. The van der Waals surface area contributed by atoms with E-state index in [1.54, 1.807) is 5.57 Å². The molecular weight excluding hydrogens is 158 g/mol. The summed E-state index contributed by atoms with van der Waals surface area (Å²) in [5.41, 5.74) is 1.65. The summed E-state index contributed by atoms with van der Waals surface area (Å²) in [5.74, 6) is 0.727. The fourth-order valence-electron chi connectivity index (χ4n) is 1.95. The van der Waals surface area contributed by atoms with Crippen LogP contribution in [-0.2, 0) is 0 Å². The smallest absolute Gasteiger partial charge is 0.0252 e. The first-order valence-corrected chi connectivity index (χ1v) is 5.64. The Bertz CT molecular complexity index is 182. The molecule has 1 rings (SSSR count). The summed E-state index contributed by atoms with van der Waals surface area (Å²) in [7, 11) is 0. The van der Waals surface area contributed by atoms with Gasteiger partial charge in [-0.3, -0.25) is 0 Å². The van der Waals surface area contributed by atoms with E-state index in [4.69, 9.17) is 0 Å². The van der Waals surface area contributed by atoms with E-state index in [0.717, 1.165) is 5.92 Å². The molecule has 2 unspecified atom stereocenters. The van der Waals surface area contributed by atoms with Crippen LogP contribution >= 0.6 is 0 Å². The summed E-state index contributed by atoms with van der Waals surface area (Å²) < 4.78 is 0. The van der Waals surface area contributed by atoms with Crippen molar-refractivity contribution in [2.75, 3.05) is 0 Å². The molecule has 76 valence electrons. The standard InChI is InChI=1S/C12H23N/c1-5-11-7-10(9(3)4)8-12(6-2)13-11/h7,9,11-13H,5-6,8H2,1-4H3. The van der Waals surface area contributed by atoms with Gasteiger partial charge in [0.25, 0.3) is 0 Å². The molecule has 0 aliphatic carbocycles. The van der Waals surface area contributed by atoms with Gasteiger partial charge in [0.05, 0.1) is 0 Å². The van der Waals surface area contributed by atoms with Gasteiger partial charge in [-0.1, -0.05) is 39.3 Å². The summed E-state index contributed by atoms with van der Waals surface area (Å²) in [6.07, 6.45) is 6.16. The molecule has 0 radical (unpaired) electrons. The summed E-state index contributed by atoms with van der Waals surface area (Å²) in [6, 6.07) is 1.34. The van der Waals surface area contributed by atoms with E-state index in [1.807, 2.05) is 0 Å². The van der Waals surface area contributed by atoms with E-state index >= 15 is 0 Å². The van der Waals surface area contributed by atoms with Gasteiger partial charge in [-0.25, -0.2) is 0 Å². The molecule has 1 nitrogen and oxygen atoms in total. The van der Waals surface area contributed by atoms with Crippen molar-refractivity contribution in [1.29, 1.82) is 0 Å². The van der Waals surface area contributed by atoms with Gasteiger partial charge in [-0.05, 0) is 25.2 Å². The molecule has 13 heavy (non-hydrogen) atoms. The van der Waals surface area contributed by atoms with Crippen LogP contribution in [-0.4, -0.2) is 12.1 Å². The van der Waals surface area contributed by atoms with Crippen LogP contribution in [0.1, 0.15) is 47.0 Å². The van der Waals surface area contributed by atoms with E-state index in [-0.39, 0.29) is 0 Å². The number of hydrogen-bond donors (Lipinski definition) is 1. The zero-order valence-electron chi connectivity index (χ0n) is 9.43. The largest absolute Gasteiger partial charge is 0.307 e. The molecule has 0 saturated carbocycles. The summed E-state index contributed by atoms with van der Waals surface area (Å²) in [4.78, 5) is 0. The molecule has 0 amide bonds. The predicted octanol–water partition coefficient (Wildman–Crippen LogP) is 3.12. The van der Waals surface area contributed by atoms with Crippen molar-refractivity contribution >= 4 is 0 Å². The van der Waals surface area contributed by atoms with Crippen LogP contribution in [0.3, 0.4) is 0 Å². The Labute approximate surface area is 82.6 Å². The van der Waals surface area contributed by atoms with Crippen molar-refractivity contribution in [3.05, 3.63) is 11.6 Å². The molecule has 1 aliphatic rings. The van der Waals surface area contributed by atoms with Crippen molar-refractivity contribution in [3.63, 3.8) is 0 Å². The molecule has 1 N–H and O–H groups in total. The second kappa shape index (κ2) is 4.80. The molecule has 0 aromatic carbocycles. The Morgan fingerprint density at radius 1 is 1.38 bits per heavy atom. The highest BCUT2D eigenvalue weighted by Gasteiger charge is 2.20. The molecule has 0 aromatic rings. The highest BCUT2D eigenvalue weighted by molar-refractivity contribution is 5.15. The number of nitrogens with one attached hydrogen (secondary N) is 1. The Balaban J connectivity index is 2.66. The van der Waals surface area contributed by atoms with Gasteiger partial charge < -0.3 is 5.32 Å². The third kappa shape index (κ3) is 2.84. The van der Waals surface area contributed by atoms with E-state index in [9.17, 15) is 0 Å². The Kier molecular flexibility index (Phi) is 3.98. The molecule has 0 spiro atoms. The molecular formula is C12H23N. The zero-order chi connectivity index (χ0) is 9.84. The second-order valence-corrected chi connectivity index (χ2v) is 4.39. The lowest BCUT2D eigenvalue weighted by atomic mass is 9.89. The Morgan fingerprint density at radius 3 is 2.54 bits per heavy atom. The average Bonchev–Trinajstić information content (AvgIpc) is 2.16. The van der Waals surface area contributed by atoms with Crippen LogP contribution in [0, 0.1) is 5.92 Å². The Hall–Kier alpha value is -0.300. The highest BCUT2D eigenvalue weighted by atomic mass is 15.0. The van der Waals surface area contributed by atoms with Crippen LogP contribution in [0.15, 0.2) is 11.6 Å². The summed E-state index contributed by atoms with van der Waals surface area (Å²) in [5, 5.41) is 3.66. The monoisotopic (exact) mass is 181 g/mol. The molecule has 0 fully saturated rings. The summed E-state index contributed by atoms with van der Waals surface area (Å²) >= 11 is 0. The number of hydrogen-bond acceptors (Lipinski definition) is 1. The lowest BCUT2D eigenvalue weighted by Gasteiger charge is -2.30. The first kappa shape index (κ1) is 10.8. The van der Waals surface area contributed by atoms with Gasteiger partial charge in [0, 0.05) is 12.1 Å². The number of rotatable bonds is 3. The third-order valence-electron chi connectivity index (χ3n) is 3.02. The second-order valence-electron chi connectivity index (χ2n) is 4.39. The van der Waals surface area contributed by atoms with Crippen molar-refractivity contribution in [2.24, 2.45) is 5.92 Å². The van der Waals surface area contributed by atoms with Crippen molar-refractivity contribution in [1.82, 2.24) is 5.32 Å². The van der Waals surface area contributed by atoms with Crippen LogP contribution in [0.2, 0.25) is 0 Å². The Morgan fingerprint density at radius 2 is 2.08 bits per heavy atom. The minimum atomic E-state index is 0.621. The van der Waals surface area contributed by atoms with Gasteiger partial charge >= 0.3 is 0 Å². The van der Waals surface area contributed by atoms with Gasteiger partial charge in [0.15, 0.2) is 0 Å². The fourth-order valence-corrected chi connectivity index (χ4v) is 1.95. The van der Waals surface area contributed by atoms with Crippen LogP contribution < -0.4 is 5.32 Å². The maximum absolute atomic E-state index is 3.66. The normalized spacial score (nSPS) is 29.2. The molecule has 1 heteroatoms. The molecule has 1 aliphatic heterocycles. The molecule has 2 atom stereocenters. The van der Waals surface area contributed by atoms with Crippen molar-refractivity contribution in [3.8, 4) is 0 Å². The van der Waals surface area contributed by atoms with E-state index in [2.05, 4.69) is 39.1 Å². The molecule has 0 bridgehead atoms. The first-order chi connectivity index (χ1) is 6.17. The van der Waals surface area contributed by atoms with Crippen molar-refractivity contribution in [2.45, 2.75) is 59.0 Å². The average molecular weight is 181 g/mol. The zero-order valence-corrected chi connectivity index (χ0v) is 9.43. The summed E-state index contributed by atoms with van der Waals surface area (Å²) in [6.45, 7) is 9.13. The SMILES string of the molecule is CCC1C=C(C(C)C)CC(CC)N1. The third-order valence-corrected chi connectivity index (χ3v) is 3.02. The van der Waals surface area contributed by atoms with Crippen LogP contribution in [0.4, 0.5) is 0 Å². The fraction of sp³-hybridized carbons (Fsp3) is 0.833. The van der Waals surface area contributed by atoms with Crippen LogP contribution in [0.25, 0.3) is 0 Å². The van der Waals surface area contributed by atoms with Gasteiger partial charge in [0.1, 0.15) is 0 Å². The predicted molar refractivity (Wildman–Crippen MR) is 58.8 cm³/mol. The lowest BCUT2D eigenvalue weighted by Crippen LogP contribution is -2.40. The van der Waals surface area contributed by atoms with E-state index in [0.29, 0.717) is 12.1 Å². The van der Waals surface area contributed by atoms with E-state index < -0.39 is 0 Å². The van der Waals surface area contributed by atoms with Gasteiger partial charge in [-0.15, -0.1) is 0 Å². The van der Waals surface area contributed by atoms with Gasteiger partial charge in [-0.2, -0.15) is 0 Å². The lowest BCUT2D eigenvalue weighted by molar-refractivity contribution is 0.408. The quantitative estimate of drug-likeness (QED) is 0.660. The molecule has 0 aromatic heterocycles.